The maximum Gasteiger partial charge on any atom is 0.274 e. The van der Waals surface area contributed by atoms with Gasteiger partial charge in [0, 0.05) is 24.5 Å². The van der Waals surface area contributed by atoms with Crippen LogP contribution in [-0.4, -0.2) is 22.4 Å². The number of carbonyl (C=O) groups is 1. The van der Waals surface area contributed by atoms with Crippen LogP contribution in [0.2, 0.25) is 0 Å². The summed E-state index contributed by atoms with van der Waals surface area (Å²) >= 11 is 0. The fourth-order valence-electron chi connectivity index (χ4n) is 2.96. The predicted octanol–water partition coefficient (Wildman–Crippen LogP) is 4.63. The highest BCUT2D eigenvalue weighted by Crippen LogP contribution is 2.16. The lowest BCUT2D eigenvalue weighted by Crippen LogP contribution is -2.26. The molecule has 0 bridgehead atoms. The van der Waals surface area contributed by atoms with Crippen LogP contribution in [0.4, 0.5) is 11.6 Å². The third-order valence-corrected chi connectivity index (χ3v) is 4.58. The zero-order chi connectivity index (χ0) is 19.9. The van der Waals surface area contributed by atoms with Gasteiger partial charge in [-0.1, -0.05) is 49.4 Å². The summed E-state index contributed by atoms with van der Waals surface area (Å²) in [6.45, 7) is 7.49. The summed E-state index contributed by atoms with van der Waals surface area (Å²) in [5.74, 6) is 0.338. The first-order chi connectivity index (χ1) is 13.6. The van der Waals surface area contributed by atoms with Gasteiger partial charge in [-0.3, -0.25) is 4.79 Å². The van der Waals surface area contributed by atoms with Crippen LogP contribution in [0.1, 0.15) is 41.2 Å². The fraction of sp³-hybridized carbons (Fsp3) is 0.261. The molecule has 0 spiro atoms. The Labute approximate surface area is 166 Å². The highest BCUT2D eigenvalue weighted by Gasteiger charge is 2.15. The summed E-state index contributed by atoms with van der Waals surface area (Å²) in [7, 11) is 0. The van der Waals surface area contributed by atoms with E-state index in [9.17, 15) is 4.79 Å². The molecule has 0 saturated carbocycles. The lowest BCUT2D eigenvalue weighted by Gasteiger charge is -2.21. The van der Waals surface area contributed by atoms with Crippen molar-refractivity contribution in [1.82, 2.24) is 9.97 Å². The van der Waals surface area contributed by atoms with Gasteiger partial charge < -0.3 is 10.2 Å². The van der Waals surface area contributed by atoms with Crippen molar-refractivity contribution in [3.05, 3.63) is 83.2 Å². The molecule has 3 aromatic rings. The number of benzene rings is 2. The van der Waals surface area contributed by atoms with E-state index in [1.807, 2.05) is 49.4 Å². The van der Waals surface area contributed by atoms with E-state index < -0.39 is 0 Å². The molecular weight excluding hydrogens is 348 g/mol. The summed E-state index contributed by atoms with van der Waals surface area (Å²) < 4.78 is 0. The summed E-state index contributed by atoms with van der Waals surface area (Å²) in [6, 6.07) is 19.8. The Balaban J connectivity index is 1.80. The lowest BCUT2D eigenvalue weighted by atomic mass is 10.1. The second-order valence-corrected chi connectivity index (χ2v) is 6.70. The zero-order valence-electron chi connectivity index (χ0n) is 16.6. The number of nitrogens with one attached hydrogen (secondary N) is 1. The van der Waals surface area contributed by atoms with E-state index >= 15 is 0 Å². The van der Waals surface area contributed by atoms with Crippen LogP contribution in [0.5, 0.6) is 0 Å². The van der Waals surface area contributed by atoms with Crippen molar-refractivity contribution in [2.75, 3.05) is 16.8 Å². The van der Waals surface area contributed by atoms with E-state index in [1.165, 1.54) is 11.1 Å². The van der Waals surface area contributed by atoms with Crippen molar-refractivity contribution in [3.63, 3.8) is 0 Å². The topological polar surface area (TPSA) is 58.1 Å². The van der Waals surface area contributed by atoms with Gasteiger partial charge in [0.25, 0.3) is 5.91 Å². The normalized spacial score (nSPS) is 10.5. The third kappa shape index (κ3) is 4.94. The smallest absolute Gasteiger partial charge is 0.274 e. The quantitative estimate of drug-likeness (QED) is 0.655. The fourth-order valence-corrected chi connectivity index (χ4v) is 2.96. The number of carbonyl (C=O) groups excluding carboxylic acids is 1. The summed E-state index contributed by atoms with van der Waals surface area (Å²) in [5.41, 5.74) is 4.31. The molecule has 1 N–H and O–H groups in total. The van der Waals surface area contributed by atoms with Crippen molar-refractivity contribution in [2.24, 2.45) is 0 Å². The summed E-state index contributed by atoms with van der Waals surface area (Å²) in [6.07, 6.45) is 0.969. The van der Waals surface area contributed by atoms with Crippen molar-refractivity contribution >= 4 is 17.5 Å². The van der Waals surface area contributed by atoms with Crippen LogP contribution in [0.15, 0.2) is 60.7 Å². The highest BCUT2D eigenvalue weighted by molar-refractivity contribution is 6.03. The number of rotatable bonds is 7. The second-order valence-electron chi connectivity index (χ2n) is 6.70. The van der Waals surface area contributed by atoms with Gasteiger partial charge in [0.15, 0.2) is 0 Å². The molecule has 1 amide bonds. The Bertz CT molecular complexity index is 923. The highest BCUT2D eigenvalue weighted by atomic mass is 16.1. The Hall–Kier alpha value is -3.21. The minimum atomic E-state index is -0.230. The van der Waals surface area contributed by atoms with Crippen LogP contribution < -0.4 is 10.2 Å². The molecule has 0 aliphatic rings. The molecule has 3 rings (SSSR count). The van der Waals surface area contributed by atoms with Crippen molar-refractivity contribution in [2.45, 2.75) is 33.7 Å². The van der Waals surface area contributed by atoms with Crippen LogP contribution in [0.25, 0.3) is 0 Å². The largest absolute Gasteiger partial charge is 0.337 e. The molecule has 0 fully saturated rings. The van der Waals surface area contributed by atoms with Gasteiger partial charge >= 0.3 is 0 Å². The maximum absolute atomic E-state index is 12.7. The van der Waals surface area contributed by atoms with Crippen LogP contribution in [0.3, 0.4) is 0 Å². The number of nitrogens with zero attached hydrogens (tertiary/aromatic N) is 3. The van der Waals surface area contributed by atoms with E-state index in [1.54, 1.807) is 6.07 Å². The first-order valence-electron chi connectivity index (χ1n) is 9.64. The van der Waals surface area contributed by atoms with Crippen LogP contribution in [0, 0.1) is 6.92 Å². The van der Waals surface area contributed by atoms with Gasteiger partial charge in [0.05, 0.1) is 0 Å². The van der Waals surface area contributed by atoms with E-state index in [2.05, 4.69) is 46.2 Å². The number of amides is 1. The molecule has 1 heterocycles. The average molecular weight is 374 g/mol. The monoisotopic (exact) mass is 374 g/mol. The van der Waals surface area contributed by atoms with E-state index in [4.69, 9.17) is 0 Å². The van der Waals surface area contributed by atoms with Gasteiger partial charge in [0.1, 0.15) is 5.69 Å². The predicted molar refractivity (Wildman–Crippen MR) is 114 cm³/mol. The number of aryl methyl sites for hydroxylation is 2. The zero-order valence-corrected chi connectivity index (χ0v) is 16.6. The minimum Gasteiger partial charge on any atom is -0.337 e. The first kappa shape index (κ1) is 19.5. The van der Waals surface area contributed by atoms with Gasteiger partial charge in [0.2, 0.25) is 5.95 Å². The molecule has 2 aromatic carbocycles. The van der Waals surface area contributed by atoms with Crippen LogP contribution >= 0.6 is 0 Å². The number of aromatic nitrogens is 2. The SMILES string of the molecule is CCc1ccc(NC(=O)c2cc(C)nc(N(CC)Cc3ccccc3)n2)cc1. The van der Waals surface area contributed by atoms with E-state index in [-0.39, 0.29) is 5.91 Å². The molecule has 0 saturated heterocycles. The van der Waals surface area contributed by atoms with Gasteiger partial charge in [-0.05, 0) is 49.6 Å². The molecule has 5 heteroatoms. The number of hydrogen-bond donors (Lipinski definition) is 1. The second kappa shape index (κ2) is 9.13. The van der Waals surface area contributed by atoms with Crippen LogP contribution in [-0.2, 0) is 13.0 Å². The molecule has 0 aliphatic heterocycles. The Morgan fingerprint density at radius 3 is 2.32 bits per heavy atom. The van der Waals surface area contributed by atoms with Gasteiger partial charge in [-0.15, -0.1) is 0 Å². The standard InChI is InChI=1S/C23H26N4O/c1-4-18-11-13-20(14-12-18)25-22(28)21-15-17(3)24-23(26-21)27(5-2)16-19-9-7-6-8-10-19/h6-15H,4-5,16H2,1-3H3,(H,25,28). The van der Waals surface area contributed by atoms with E-state index in [0.29, 0.717) is 18.2 Å². The molecule has 144 valence electrons. The minimum absolute atomic E-state index is 0.230. The van der Waals surface area contributed by atoms with E-state index in [0.717, 1.165) is 24.3 Å². The van der Waals surface area contributed by atoms with Crippen molar-refractivity contribution in [1.29, 1.82) is 0 Å². The number of hydrogen-bond acceptors (Lipinski definition) is 4. The lowest BCUT2D eigenvalue weighted by molar-refractivity contribution is 0.102. The molecule has 28 heavy (non-hydrogen) atoms. The Morgan fingerprint density at radius 2 is 1.68 bits per heavy atom. The average Bonchev–Trinajstić information content (AvgIpc) is 2.72. The third-order valence-electron chi connectivity index (χ3n) is 4.58. The molecule has 0 aliphatic carbocycles. The Kier molecular flexibility index (Phi) is 6.37. The molecular formula is C23H26N4O. The molecule has 0 unspecified atom stereocenters. The maximum atomic E-state index is 12.7. The number of anilines is 2. The van der Waals surface area contributed by atoms with Gasteiger partial charge in [-0.2, -0.15) is 0 Å². The summed E-state index contributed by atoms with van der Waals surface area (Å²) in [5, 5.41) is 2.92. The molecule has 5 nitrogen and oxygen atoms in total. The first-order valence-corrected chi connectivity index (χ1v) is 9.64. The summed E-state index contributed by atoms with van der Waals surface area (Å²) in [4.78, 5) is 23.9. The molecule has 0 radical (unpaired) electrons. The van der Waals surface area contributed by atoms with Crippen molar-refractivity contribution < 1.29 is 4.79 Å². The van der Waals surface area contributed by atoms with Crippen molar-refractivity contribution in [3.8, 4) is 0 Å². The van der Waals surface area contributed by atoms with Gasteiger partial charge in [-0.25, -0.2) is 9.97 Å². The Morgan fingerprint density at radius 1 is 0.964 bits per heavy atom. The molecule has 1 aromatic heterocycles. The molecule has 0 atom stereocenters.